The first kappa shape index (κ1) is 17.0. The molecule has 20 heavy (non-hydrogen) atoms. The Bertz CT molecular complexity index is 524. The summed E-state index contributed by atoms with van der Waals surface area (Å²) in [5.41, 5.74) is -0.865. The molecule has 1 N–H and O–H groups in total. The summed E-state index contributed by atoms with van der Waals surface area (Å²) in [4.78, 5) is -0.158. The minimum absolute atomic E-state index is 0.158. The first-order valence-corrected chi connectivity index (χ1v) is 7.82. The number of sulfonamides is 1. The molecule has 0 fully saturated rings. The van der Waals surface area contributed by atoms with E-state index >= 15 is 0 Å². The molecule has 0 saturated carbocycles. The topological polar surface area (TPSA) is 46.2 Å². The highest BCUT2D eigenvalue weighted by atomic mass is 32.2. The molecule has 1 unspecified atom stereocenters. The normalized spacial score (nSPS) is 14.2. The first-order valence-electron chi connectivity index (χ1n) is 6.33. The Hall–Kier alpha value is -1.08. The maximum absolute atomic E-state index is 12.4. The second-order valence-electron chi connectivity index (χ2n) is 4.72. The van der Waals surface area contributed by atoms with Crippen LogP contribution in [0, 0.1) is 5.92 Å². The van der Waals surface area contributed by atoms with Gasteiger partial charge in [0.25, 0.3) is 0 Å². The number of alkyl halides is 3. The summed E-state index contributed by atoms with van der Waals surface area (Å²) in [6, 6.07) is 3.47. The van der Waals surface area contributed by atoms with E-state index in [0.29, 0.717) is 12.3 Å². The zero-order valence-electron chi connectivity index (χ0n) is 11.4. The molecule has 0 bridgehead atoms. The summed E-state index contributed by atoms with van der Waals surface area (Å²) < 4.78 is 63.3. The number of hydrogen-bond acceptors (Lipinski definition) is 2. The maximum Gasteiger partial charge on any atom is 0.416 e. The van der Waals surface area contributed by atoms with Crippen LogP contribution in [0.1, 0.15) is 32.3 Å². The van der Waals surface area contributed by atoms with Crippen molar-refractivity contribution in [1.82, 2.24) is 4.72 Å². The van der Waals surface area contributed by atoms with Crippen LogP contribution in [0.3, 0.4) is 0 Å². The average Bonchev–Trinajstić information content (AvgIpc) is 2.37. The zero-order chi connectivity index (χ0) is 15.4. The number of benzene rings is 1. The van der Waals surface area contributed by atoms with Gasteiger partial charge in [0.05, 0.1) is 10.5 Å². The van der Waals surface area contributed by atoms with Gasteiger partial charge in [0.15, 0.2) is 0 Å². The third kappa shape index (κ3) is 4.79. The van der Waals surface area contributed by atoms with E-state index in [2.05, 4.69) is 4.72 Å². The Balaban J connectivity index is 2.73. The van der Waals surface area contributed by atoms with Gasteiger partial charge >= 0.3 is 6.18 Å². The van der Waals surface area contributed by atoms with E-state index in [1.54, 1.807) is 0 Å². The lowest BCUT2D eigenvalue weighted by Gasteiger charge is -2.11. The van der Waals surface area contributed by atoms with Crippen molar-refractivity contribution in [2.24, 2.45) is 5.92 Å². The number of hydrogen-bond donors (Lipinski definition) is 1. The van der Waals surface area contributed by atoms with Crippen molar-refractivity contribution in [3.63, 3.8) is 0 Å². The zero-order valence-corrected chi connectivity index (χ0v) is 12.2. The van der Waals surface area contributed by atoms with Gasteiger partial charge in [0.2, 0.25) is 10.0 Å². The Morgan fingerprint density at radius 1 is 1.20 bits per heavy atom. The van der Waals surface area contributed by atoms with Crippen molar-refractivity contribution in [3.8, 4) is 0 Å². The fourth-order valence-electron chi connectivity index (χ4n) is 1.55. The molecule has 0 aliphatic rings. The Kier molecular flexibility index (Phi) is 5.59. The molecule has 7 heteroatoms. The molecule has 1 atom stereocenters. The van der Waals surface area contributed by atoms with Crippen molar-refractivity contribution in [2.75, 3.05) is 6.54 Å². The van der Waals surface area contributed by atoms with Crippen molar-refractivity contribution >= 4 is 10.0 Å². The van der Waals surface area contributed by atoms with Crippen LogP contribution in [0.4, 0.5) is 13.2 Å². The molecule has 3 nitrogen and oxygen atoms in total. The largest absolute Gasteiger partial charge is 0.416 e. The van der Waals surface area contributed by atoms with Crippen LogP contribution >= 0.6 is 0 Å². The van der Waals surface area contributed by atoms with E-state index in [0.717, 1.165) is 30.7 Å². The summed E-state index contributed by atoms with van der Waals surface area (Å²) >= 11 is 0. The van der Waals surface area contributed by atoms with Gasteiger partial charge in [0, 0.05) is 6.54 Å². The summed E-state index contributed by atoms with van der Waals surface area (Å²) in [6.07, 6.45) is -2.83. The average molecular weight is 309 g/mol. The molecule has 0 saturated heterocycles. The van der Waals surface area contributed by atoms with Gasteiger partial charge in [0.1, 0.15) is 0 Å². The third-order valence-electron chi connectivity index (χ3n) is 3.12. The second-order valence-corrected chi connectivity index (χ2v) is 6.49. The van der Waals surface area contributed by atoms with E-state index in [9.17, 15) is 21.6 Å². The smallest absolute Gasteiger partial charge is 0.211 e. The lowest BCUT2D eigenvalue weighted by molar-refractivity contribution is -0.137. The van der Waals surface area contributed by atoms with Crippen LogP contribution in [-0.4, -0.2) is 15.0 Å². The first-order chi connectivity index (χ1) is 9.16. The standard InChI is InChI=1S/C13H18F3NO2S/c1-3-10(2)8-9-17-20(18,19)12-6-4-11(5-7-12)13(14,15)16/h4-7,10,17H,3,8-9H2,1-2H3. The van der Waals surface area contributed by atoms with Gasteiger partial charge in [-0.3, -0.25) is 0 Å². The lowest BCUT2D eigenvalue weighted by atomic mass is 10.1. The van der Waals surface area contributed by atoms with Crippen LogP contribution in [0.2, 0.25) is 0 Å². The monoisotopic (exact) mass is 309 g/mol. The molecule has 0 heterocycles. The second kappa shape index (κ2) is 6.58. The van der Waals surface area contributed by atoms with Crippen molar-refractivity contribution < 1.29 is 21.6 Å². The van der Waals surface area contributed by atoms with Crippen molar-refractivity contribution in [1.29, 1.82) is 0 Å². The Labute approximate surface area is 117 Å². The highest BCUT2D eigenvalue weighted by Crippen LogP contribution is 2.29. The fourth-order valence-corrected chi connectivity index (χ4v) is 2.60. The molecule has 1 rings (SSSR count). The van der Waals surface area contributed by atoms with Gasteiger partial charge < -0.3 is 0 Å². The summed E-state index contributed by atoms with van der Waals surface area (Å²) in [5.74, 6) is 0.394. The van der Waals surface area contributed by atoms with Crippen LogP contribution in [0.15, 0.2) is 29.2 Å². The summed E-state index contributed by atoms with van der Waals surface area (Å²) in [5, 5.41) is 0. The van der Waals surface area contributed by atoms with Crippen LogP contribution < -0.4 is 4.72 Å². The number of rotatable bonds is 6. The molecule has 0 aliphatic heterocycles. The van der Waals surface area contributed by atoms with E-state index in [-0.39, 0.29) is 11.4 Å². The minimum Gasteiger partial charge on any atom is -0.211 e. The molecular formula is C13H18F3NO2S. The molecule has 0 spiro atoms. The summed E-state index contributed by atoms with van der Waals surface area (Å²) in [7, 11) is -3.74. The van der Waals surface area contributed by atoms with E-state index in [4.69, 9.17) is 0 Å². The molecular weight excluding hydrogens is 291 g/mol. The predicted molar refractivity (Wildman–Crippen MR) is 70.7 cm³/mol. The van der Waals surface area contributed by atoms with Crippen LogP contribution in [0.25, 0.3) is 0 Å². The van der Waals surface area contributed by atoms with Gasteiger partial charge in [-0.15, -0.1) is 0 Å². The van der Waals surface area contributed by atoms with Crippen molar-refractivity contribution in [3.05, 3.63) is 29.8 Å². The highest BCUT2D eigenvalue weighted by molar-refractivity contribution is 7.89. The molecule has 114 valence electrons. The molecule has 0 aromatic heterocycles. The van der Waals surface area contributed by atoms with E-state index in [1.807, 2.05) is 13.8 Å². The molecule has 1 aromatic rings. The van der Waals surface area contributed by atoms with Gasteiger partial charge in [-0.25, -0.2) is 13.1 Å². The number of halogens is 3. The quantitative estimate of drug-likeness (QED) is 0.875. The Morgan fingerprint density at radius 2 is 1.75 bits per heavy atom. The SMILES string of the molecule is CCC(C)CCNS(=O)(=O)c1ccc(C(F)(F)F)cc1. The lowest BCUT2D eigenvalue weighted by Crippen LogP contribution is -2.26. The Morgan fingerprint density at radius 3 is 2.20 bits per heavy atom. The van der Waals surface area contributed by atoms with Gasteiger partial charge in [-0.2, -0.15) is 13.2 Å². The minimum atomic E-state index is -4.47. The molecule has 0 aliphatic carbocycles. The molecule has 0 radical (unpaired) electrons. The van der Waals surface area contributed by atoms with E-state index in [1.165, 1.54) is 0 Å². The number of nitrogens with one attached hydrogen (secondary N) is 1. The predicted octanol–water partition coefficient (Wildman–Crippen LogP) is 3.42. The fraction of sp³-hybridized carbons (Fsp3) is 0.538. The van der Waals surface area contributed by atoms with Crippen LogP contribution in [0.5, 0.6) is 0 Å². The summed E-state index contributed by atoms with van der Waals surface area (Å²) in [6.45, 7) is 4.29. The highest BCUT2D eigenvalue weighted by Gasteiger charge is 2.30. The third-order valence-corrected chi connectivity index (χ3v) is 4.60. The molecule has 1 aromatic carbocycles. The van der Waals surface area contributed by atoms with E-state index < -0.39 is 21.8 Å². The van der Waals surface area contributed by atoms with Crippen molar-refractivity contribution in [2.45, 2.75) is 37.8 Å². The molecule has 0 amide bonds. The van der Waals surface area contributed by atoms with Crippen LogP contribution in [-0.2, 0) is 16.2 Å². The van der Waals surface area contributed by atoms with Gasteiger partial charge in [-0.1, -0.05) is 20.3 Å². The van der Waals surface area contributed by atoms with Gasteiger partial charge in [-0.05, 0) is 36.6 Å². The maximum atomic E-state index is 12.4.